The van der Waals surface area contributed by atoms with Gasteiger partial charge in [0.25, 0.3) is 0 Å². The van der Waals surface area contributed by atoms with Gasteiger partial charge < -0.3 is 9.63 Å². The third kappa shape index (κ3) is 3.43. The fraction of sp³-hybridized carbons (Fsp3) is 0.800. The van der Waals surface area contributed by atoms with Crippen molar-refractivity contribution in [2.24, 2.45) is 17.3 Å². The molecule has 1 unspecified atom stereocenters. The third-order valence-electron chi connectivity index (χ3n) is 4.37. The molecule has 0 saturated carbocycles. The standard InChI is InChI=1S/C15H25N3O3/c1-10(2)7-13-16-12(17-21-13)8-18-6-5-15(9-18,11(3)4)14(19)20/h10-11H,5-9H2,1-4H3,(H,19,20). The summed E-state index contributed by atoms with van der Waals surface area (Å²) in [5.74, 6) is 1.20. The smallest absolute Gasteiger partial charge is 0.311 e. The van der Waals surface area contributed by atoms with Gasteiger partial charge in [0.2, 0.25) is 5.89 Å². The average molecular weight is 295 g/mol. The maximum absolute atomic E-state index is 11.6. The van der Waals surface area contributed by atoms with Crippen molar-refractivity contribution in [3.8, 4) is 0 Å². The Labute approximate surface area is 125 Å². The molecule has 0 aliphatic carbocycles. The van der Waals surface area contributed by atoms with Crippen LogP contribution >= 0.6 is 0 Å². The quantitative estimate of drug-likeness (QED) is 0.866. The second kappa shape index (κ2) is 6.13. The van der Waals surface area contributed by atoms with Gasteiger partial charge in [-0.1, -0.05) is 32.9 Å². The molecule has 1 aliphatic rings. The topological polar surface area (TPSA) is 79.5 Å². The molecule has 2 heterocycles. The van der Waals surface area contributed by atoms with E-state index in [4.69, 9.17) is 4.52 Å². The van der Waals surface area contributed by atoms with Crippen molar-refractivity contribution in [1.29, 1.82) is 0 Å². The van der Waals surface area contributed by atoms with Crippen LogP contribution in [0.2, 0.25) is 0 Å². The fourth-order valence-corrected chi connectivity index (χ4v) is 2.93. The van der Waals surface area contributed by atoms with Crippen molar-refractivity contribution in [2.45, 2.75) is 47.1 Å². The van der Waals surface area contributed by atoms with Crippen molar-refractivity contribution >= 4 is 5.97 Å². The van der Waals surface area contributed by atoms with Crippen LogP contribution in [0.5, 0.6) is 0 Å². The molecule has 0 amide bonds. The van der Waals surface area contributed by atoms with Gasteiger partial charge in [-0.25, -0.2) is 0 Å². The van der Waals surface area contributed by atoms with E-state index in [1.165, 1.54) is 0 Å². The van der Waals surface area contributed by atoms with Gasteiger partial charge >= 0.3 is 5.97 Å². The first-order chi connectivity index (χ1) is 9.83. The van der Waals surface area contributed by atoms with Crippen molar-refractivity contribution in [2.75, 3.05) is 13.1 Å². The Morgan fingerprint density at radius 2 is 2.14 bits per heavy atom. The lowest BCUT2D eigenvalue weighted by Gasteiger charge is -2.28. The van der Waals surface area contributed by atoms with Gasteiger partial charge in [0.15, 0.2) is 5.82 Å². The highest BCUT2D eigenvalue weighted by molar-refractivity contribution is 5.75. The normalized spacial score (nSPS) is 23.3. The first-order valence-electron chi connectivity index (χ1n) is 7.60. The monoisotopic (exact) mass is 295 g/mol. The summed E-state index contributed by atoms with van der Waals surface area (Å²) < 4.78 is 5.23. The molecule has 1 atom stereocenters. The molecule has 0 aromatic carbocycles. The van der Waals surface area contributed by atoms with Crippen LogP contribution in [0, 0.1) is 17.3 Å². The second-order valence-corrected chi connectivity index (χ2v) is 6.78. The van der Waals surface area contributed by atoms with Gasteiger partial charge in [-0.05, 0) is 24.8 Å². The van der Waals surface area contributed by atoms with Crippen molar-refractivity contribution < 1.29 is 14.4 Å². The number of aliphatic carboxylic acids is 1. The largest absolute Gasteiger partial charge is 0.481 e. The summed E-state index contributed by atoms with van der Waals surface area (Å²) in [6, 6.07) is 0. The predicted octanol–water partition coefficient (Wildman–Crippen LogP) is 2.20. The summed E-state index contributed by atoms with van der Waals surface area (Å²) in [4.78, 5) is 18.1. The molecule has 6 heteroatoms. The highest BCUT2D eigenvalue weighted by Gasteiger charge is 2.47. The van der Waals surface area contributed by atoms with Crippen LogP contribution in [0.25, 0.3) is 0 Å². The highest BCUT2D eigenvalue weighted by atomic mass is 16.5. The van der Waals surface area contributed by atoms with Crippen molar-refractivity contribution in [3.63, 3.8) is 0 Å². The van der Waals surface area contributed by atoms with Crippen LogP contribution in [0.3, 0.4) is 0 Å². The lowest BCUT2D eigenvalue weighted by molar-refractivity contribution is -0.151. The summed E-state index contributed by atoms with van der Waals surface area (Å²) in [5, 5.41) is 13.5. The van der Waals surface area contributed by atoms with E-state index in [1.807, 2.05) is 13.8 Å². The minimum atomic E-state index is -0.700. The first kappa shape index (κ1) is 15.9. The van der Waals surface area contributed by atoms with Gasteiger partial charge in [-0.15, -0.1) is 0 Å². The number of aromatic nitrogens is 2. The minimum Gasteiger partial charge on any atom is -0.481 e. The first-order valence-corrected chi connectivity index (χ1v) is 7.60. The average Bonchev–Trinajstić information content (AvgIpc) is 2.97. The lowest BCUT2D eigenvalue weighted by atomic mass is 9.76. The molecular weight excluding hydrogens is 270 g/mol. The zero-order chi connectivity index (χ0) is 15.6. The zero-order valence-electron chi connectivity index (χ0n) is 13.3. The zero-order valence-corrected chi connectivity index (χ0v) is 13.3. The van der Waals surface area contributed by atoms with Gasteiger partial charge in [0, 0.05) is 13.0 Å². The maximum atomic E-state index is 11.6. The van der Waals surface area contributed by atoms with Crippen molar-refractivity contribution in [1.82, 2.24) is 15.0 Å². The molecule has 118 valence electrons. The molecule has 1 aromatic rings. The van der Waals surface area contributed by atoms with Gasteiger partial charge in [-0.2, -0.15) is 4.98 Å². The predicted molar refractivity (Wildman–Crippen MR) is 77.6 cm³/mol. The molecule has 1 aliphatic heterocycles. The number of carbonyl (C=O) groups is 1. The van der Waals surface area contributed by atoms with Gasteiger partial charge in [0.1, 0.15) is 0 Å². The minimum absolute atomic E-state index is 0.113. The van der Waals surface area contributed by atoms with E-state index in [-0.39, 0.29) is 5.92 Å². The SMILES string of the molecule is CC(C)Cc1nc(CN2CCC(C(=O)O)(C(C)C)C2)no1. The van der Waals surface area contributed by atoms with E-state index >= 15 is 0 Å². The van der Waals surface area contributed by atoms with Crippen LogP contribution in [0.4, 0.5) is 0 Å². The molecule has 1 aromatic heterocycles. The van der Waals surface area contributed by atoms with Crippen LogP contribution in [-0.4, -0.2) is 39.2 Å². The molecule has 0 radical (unpaired) electrons. The van der Waals surface area contributed by atoms with Gasteiger partial charge in [-0.3, -0.25) is 9.69 Å². The van der Waals surface area contributed by atoms with Crippen molar-refractivity contribution in [3.05, 3.63) is 11.7 Å². The Bertz CT molecular complexity index is 498. The number of carboxylic acids is 1. The Morgan fingerprint density at radius 3 is 2.67 bits per heavy atom. The summed E-state index contributed by atoms with van der Waals surface area (Å²) in [6.45, 7) is 10.0. The van der Waals surface area contributed by atoms with Crippen LogP contribution in [0.15, 0.2) is 4.52 Å². The Morgan fingerprint density at radius 1 is 1.43 bits per heavy atom. The third-order valence-corrected chi connectivity index (χ3v) is 4.37. The lowest BCUT2D eigenvalue weighted by Crippen LogP contribution is -2.39. The highest BCUT2D eigenvalue weighted by Crippen LogP contribution is 2.38. The number of hydrogen-bond acceptors (Lipinski definition) is 5. The van der Waals surface area contributed by atoms with E-state index in [9.17, 15) is 9.90 Å². The number of carboxylic acid groups (broad SMARTS) is 1. The Balaban J connectivity index is 1.99. The summed E-state index contributed by atoms with van der Waals surface area (Å²) >= 11 is 0. The molecule has 21 heavy (non-hydrogen) atoms. The summed E-state index contributed by atoms with van der Waals surface area (Å²) in [7, 11) is 0. The summed E-state index contributed by atoms with van der Waals surface area (Å²) in [6.07, 6.45) is 1.45. The molecule has 0 bridgehead atoms. The molecule has 1 fully saturated rings. The Kier molecular flexibility index (Phi) is 4.66. The second-order valence-electron chi connectivity index (χ2n) is 6.78. The van der Waals surface area contributed by atoms with E-state index in [0.717, 1.165) is 13.0 Å². The number of rotatable bonds is 6. The molecule has 2 rings (SSSR count). The van der Waals surface area contributed by atoms with Crippen LogP contribution < -0.4 is 0 Å². The molecule has 1 N–H and O–H groups in total. The molecular formula is C15H25N3O3. The number of nitrogens with zero attached hydrogens (tertiary/aromatic N) is 3. The van der Waals surface area contributed by atoms with Crippen LogP contribution in [-0.2, 0) is 17.8 Å². The van der Waals surface area contributed by atoms with E-state index in [2.05, 4.69) is 28.9 Å². The van der Waals surface area contributed by atoms with E-state index in [0.29, 0.717) is 37.1 Å². The van der Waals surface area contributed by atoms with E-state index < -0.39 is 11.4 Å². The number of hydrogen-bond donors (Lipinski definition) is 1. The van der Waals surface area contributed by atoms with Gasteiger partial charge in [0.05, 0.1) is 12.0 Å². The maximum Gasteiger partial charge on any atom is 0.311 e. The Hall–Kier alpha value is -1.43. The summed E-state index contributed by atoms with van der Waals surface area (Å²) in [5.41, 5.74) is -0.648. The van der Waals surface area contributed by atoms with E-state index in [1.54, 1.807) is 0 Å². The number of likely N-dealkylation sites (tertiary alicyclic amines) is 1. The molecule has 1 saturated heterocycles. The molecule has 0 spiro atoms. The fourth-order valence-electron chi connectivity index (χ4n) is 2.93. The molecule has 6 nitrogen and oxygen atoms in total. The van der Waals surface area contributed by atoms with Crippen LogP contribution in [0.1, 0.15) is 45.8 Å².